The van der Waals surface area contributed by atoms with Gasteiger partial charge in [-0.1, -0.05) is 11.6 Å². The van der Waals surface area contributed by atoms with Crippen molar-refractivity contribution in [1.82, 2.24) is 9.97 Å². The van der Waals surface area contributed by atoms with E-state index in [4.69, 9.17) is 16.7 Å². The number of halogens is 2. The standard InChI is InChI=1S/C13H10ClFN2O2/c1-6-7(2)17-12(14)11(16-6)8-3-9(13(18)19)5-10(15)4-8/h3-5H,1-2H3,(H,18,19). The van der Waals surface area contributed by atoms with E-state index in [0.29, 0.717) is 11.4 Å². The van der Waals surface area contributed by atoms with Crippen molar-refractivity contribution in [3.05, 3.63) is 46.1 Å². The number of aromatic nitrogens is 2. The Morgan fingerprint density at radius 1 is 1.21 bits per heavy atom. The van der Waals surface area contributed by atoms with Crippen LogP contribution in [0.3, 0.4) is 0 Å². The molecule has 6 heteroatoms. The molecular formula is C13H10ClFN2O2. The van der Waals surface area contributed by atoms with Gasteiger partial charge in [-0.3, -0.25) is 0 Å². The number of rotatable bonds is 2. The van der Waals surface area contributed by atoms with E-state index in [1.54, 1.807) is 13.8 Å². The number of carboxylic acids is 1. The zero-order valence-corrected chi connectivity index (χ0v) is 11.0. The second kappa shape index (κ2) is 4.93. The molecule has 4 nitrogen and oxygen atoms in total. The lowest BCUT2D eigenvalue weighted by atomic mass is 10.1. The minimum Gasteiger partial charge on any atom is -0.478 e. The van der Waals surface area contributed by atoms with E-state index < -0.39 is 11.8 Å². The van der Waals surface area contributed by atoms with Gasteiger partial charge in [0.05, 0.1) is 17.0 Å². The molecule has 0 saturated carbocycles. The van der Waals surface area contributed by atoms with Gasteiger partial charge in [-0.15, -0.1) is 0 Å². The van der Waals surface area contributed by atoms with Crippen LogP contribution in [0.25, 0.3) is 11.3 Å². The zero-order valence-electron chi connectivity index (χ0n) is 10.2. The molecule has 0 saturated heterocycles. The second-order valence-electron chi connectivity index (χ2n) is 4.07. The highest BCUT2D eigenvalue weighted by Crippen LogP contribution is 2.27. The van der Waals surface area contributed by atoms with Crippen LogP contribution >= 0.6 is 11.6 Å². The maximum Gasteiger partial charge on any atom is 0.335 e. The van der Waals surface area contributed by atoms with E-state index in [2.05, 4.69) is 9.97 Å². The summed E-state index contributed by atoms with van der Waals surface area (Å²) >= 11 is 5.98. The van der Waals surface area contributed by atoms with Crippen molar-refractivity contribution >= 4 is 17.6 Å². The average Bonchev–Trinajstić information content (AvgIpc) is 2.33. The number of carbonyl (C=O) groups is 1. The third-order valence-electron chi connectivity index (χ3n) is 2.68. The molecule has 2 aromatic rings. The van der Waals surface area contributed by atoms with E-state index in [9.17, 15) is 9.18 Å². The lowest BCUT2D eigenvalue weighted by Crippen LogP contribution is -2.00. The summed E-state index contributed by atoms with van der Waals surface area (Å²) in [6.07, 6.45) is 0. The Labute approximate surface area is 113 Å². The summed E-state index contributed by atoms with van der Waals surface area (Å²) < 4.78 is 13.4. The normalized spacial score (nSPS) is 10.5. The third-order valence-corrected chi connectivity index (χ3v) is 2.95. The van der Waals surface area contributed by atoms with E-state index in [-0.39, 0.29) is 22.0 Å². The number of aryl methyl sites for hydroxylation is 2. The quantitative estimate of drug-likeness (QED) is 0.917. The predicted octanol–water partition coefficient (Wildman–Crippen LogP) is 3.25. The highest BCUT2D eigenvalue weighted by molar-refractivity contribution is 6.31. The van der Waals surface area contributed by atoms with Gasteiger partial charge in [0.1, 0.15) is 11.5 Å². The van der Waals surface area contributed by atoms with E-state index in [1.807, 2.05) is 0 Å². The van der Waals surface area contributed by atoms with Gasteiger partial charge in [0.25, 0.3) is 0 Å². The summed E-state index contributed by atoms with van der Waals surface area (Å²) in [4.78, 5) is 19.2. The monoisotopic (exact) mass is 280 g/mol. The molecule has 2 rings (SSSR count). The summed E-state index contributed by atoms with van der Waals surface area (Å²) in [6, 6.07) is 3.43. The summed E-state index contributed by atoms with van der Waals surface area (Å²) in [5, 5.41) is 9.03. The van der Waals surface area contributed by atoms with Crippen molar-refractivity contribution in [2.24, 2.45) is 0 Å². The lowest BCUT2D eigenvalue weighted by molar-refractivity contribution is 0.0696. The number of carboxylic acid groups (broad SMARTS) is 1. The molecule has 0 aliphatic rings. The smallest absolute Gasteiger partial charge is 0.335 e. The number of aromatic carboxylic acids is 1. The molecule has 0 fully saturated rings. The Hall–Kier alpha value is -2.01. The highest BCUT2D eigenvalue weighted by Gasteiger charge is 2.13. The van der Waals surface area contributed by atoms with Crippen LogP contribution in [0.4, 0.5) is 4.39 Å². The van der Waals surface area contributed by atoms with E-state index >= 15 is 0 Å². The van der Waals surface area contributed by atoms with E-state index in [1.165, 1.54) is 12.1 Å². The second-order valence-corrected chi connectivity index (χ2v) is 4.43. The van der Waals surface area contributed by atoms with Crippen molar-refractivity contribution in [2.45, 2.75) is 13.8 Å². The average molecular weight is 281 g/mol. The maximum atomic E-state index is 13.4. The highest BCUT2D eigenvalue weighted by atomic mass is 35.5. The molecule has 1 aromatic heterocycles. The van der Waals surface area contributed by atoms with Crippen molar-refractivity contribution in [1.29, 1.82) is 0 Å². The summed E-state index contributed by atoms with van der Waals surface area (Å²) in [7, 11) is 0. The van der Waals surface area contributed by atoms with Crippen molar-refractivity contribution < 1.29 is 14.3 Å². The molecule has 0 aliphatic heterocycles. The Balaban J connectivity index is 2.65. The fourth-order valence-corrected chi connectivity index (χ4v) is 1.89. The number of hydrogen-bond donors (Lipinski definition) is 1. The fraction of sp³-hybridized carbons (Fsp3) is 0.154. The molecule has 0 atom stereocenters. The predicted molar refractivity (Wildman–Crippen MR) is 68.9 cm³/mol. The fourth-order valence-electron chi connectivity index (χ4n) is 1.61. The molecule has 0 amide bonds. The molecule has 1 N–H and O–H groups in total. The van der Waals surface area contributed by atoms with Gasteiger partial charge in [-0.2, -0.15) is 0 Å². The van der Waals surface area contributed by atoms with Crippen LogP contribution in [0, 0.1) is 19.7 Å². The Kier molecular flexibility index (Phi) is 3.48. The SMILES string of the molecule is Cc1nc(Cl)c(-c2cc(F)cc(C(=O)O)c2)nc1C. The summed E-state index contributed by atoms with van der Waals surface area (Å²) in [5.74, 6) is -1.88. The van der Waals surface area contributed by atoms with Gasteiger partial charge in [0.15, 0.2) is 5.15 Å². The number of benzene rings is 1. The van der Waals surface area contributed by atoms with Gasteiger partial charge in [-0.05, 0) is 32.0 Å². The van der Waals surface area contributed by atoms with Crippen molar-refractivity contribution in [2.75, 3.05) is 0 Å². The van der Waals surface area contributed by atoms with Crippen LogP contribution in [0.2, 0.25) is 5.15 Å². The zero-order chi connectivity index (χ0) is 14.2. The molecule has 1 heterocycles. The van der Waals surface area contributed by atoms with Crippen LogP contribution in [-0.4, -0.2) is 21.0 Å². The molecule has 1 aromatic carbocycles. The topological polar surface area (TPSA) is 63.1 Å². The number of hydrogen-bond acceptors (Lipinski definition) is 3. The van der Waals surface area contributed by atoms with Gasteiger partial charge in [0.2, 0.25) is 0 Å². The Bertz CT molecular complexity index is 674. The van der Waals surface area contributed by atoms with Gasteiger partial charge in [0, 0.05) is 5.56 Å². The molecule has 98 valence electrons. The van der Waals surface area contributed by atoms with Crippen LogP contribution in [0.5, 0.6) is 0 Å². The van der Waals surface area contributed by atoms with Crippen molar-refractivity contribution in [3.63, 3.8) is 0 Å². The first-order valence-corrected chi connectivity index (χ1v) is 5.81. The third kappa shape index (κ3) is 2.71. The van der Waals surface area contributed by atoms with Crippen LogP contribution in [0.15, 0.2) is 18.2 Å². The van der Waals surface area contributed by atoms with Gasteiger partial charge in [-0.25, -0.2) is 19.2 Å². The van der Waals surface area contributed by atoms with Gasteiger partial charge >= 0.3 is 5.97 Å². The van der Waals surface area contributed by atoms with Crippen LogP contribution in [-0.2, 0) is 0 Å². The molecule has 0 spiro atoms. The molecule has 19 heavy (non-hydrogen) atoms. The molecule has 0 radical (unpaired) electrons. The van der Waals surface area contributed by atoms with Crippen LogP contribution in [0.1, 0.15) is 21.7 Å². The lowest BCUT2D eigenvalue weighted by Gasteiger charge is -2.07. The first-order valence-electron chi connectivity index (χ1n) is 5.43. The molecule has 0 unspecified atom stereocenters. The van der Waals surface area contributed by atoms with Crippen LogP contribution < -0.4 is 0 Å². The summed E-state index contributed by atoms with van der Waals surface area (Å²) in [5.41, 5.74) is 1.72. The van der Waals surface area contributed by atoms with Gasteiger partial charge < -0.3 is 5.11 Å². The molecule has 0 aliphatic carbocycles. The number of nitrogens with zero attached hydrogens (tertiary/aromatic N) is 2. The minimum absolute atomic E-state index is 0.116. The maximum absolute atomic E-state index is 13.4. The molecular weight excluding hydrogens is 271 g/mol. The minimum atomic E-state index is -1.21. The molecule has 0 bridgehead atoms. The summed E-state index contributed by atoms with van der Waals surface area (Å²) in [6.45, 7) is 3.51. The Morgan fingerprint density at radius 3 is 2.47 bits per heavy atom. The largest absolute Gasteiger partial charge is 0.478 e. The van der Waals surface area contributed by atoms with Crippen molar-refractivity contribution in [3.8, 4) is 11.3 Å². The Morgan fingerprint density at radius 2 is 1.84 bits per heavy atom. The first kappa shape index (κ1) is 13.4. The first-order chi connectivity index (χ1) is 8.88. The van der Waals surface area contributed by atoms with E-state index in [0.717, 1.165) is 6.07 Å².